The molecular weight excluding hydrogens is 270 g/mol. The SMILES string of the molecule is CC1CN2CCCC2CN1c1nc2c(s1)CCCC2O. The van der Waals surface area contributed by atoms with E-state index in [1.165, 1.54) is 24.3 Å². The highest BCUT2D eigenvalue weighted by molar-refractivity contribution is 7.15. The number of fused-ring (bicyclic) bond motifs is 2. The van der Waals surface area contributed by atoms with Gasteiger partial charge in [-0.1, -0.05) is 0 Å². The topological polar surface area (TPSA) is 39.6 Å². The van der Waals surface area contributed by atoms with E-state index in [1.54, 1.807) is 0 Å². The third-order valence-electron chi connectivity index (χ3n) is 5.10. The Balaban J connectivity index is 1.60. The number of rotatable bonds is 1. The van der Waals surface area contributed by atoms with E-state index in [4.69, 9.17) is 4.98 Å². The summed E-state index contributed by atoms with van der Waals surface area (Å²) in [7, 11) is 0. The highest BCUT2D eigenvalue weighted by atomic mass is 32.1. The van der Waals surface area contributed by atoms with Gasteiger partial charge in [0.1, 0.15) is 0 Å². The number of piperazine rings is 1. The lowest BCUT2D eigenvalue weighted by Gasteiger charge is -2.42. The van der Waals surface area contributed by atoms with Gasteiger partial charge in [0.2, 0.25) is 0 Å². The summed E-state index contributed by atoms with van der Waals surface area (Å²) in [5.41, 5.74) is 0.970. The maximum absolute atomic E-state index is 10.1. The van der Waals surface area contributed by atoms with E-state index in [0.717, 1.165) is 49.2 Å². The average Bonchev–Trinajstić information content (AvgIpc) is 3.03. The summed E-state index contributed by atoms with van der Waals surface area (Å²) in [6.45, 7) is 5.86. The van der Waals surface area contributed by atoms with E-state index < -0.39 is 0 Å². The number of aliphatic hydroxyl groups is 1. The Labute approximate surface area is 124 Å². The number of aromatic nitrogens is 1. The molecule has 3 atom stereocenters. The standard InChI is InChI=1S/C15H23N3OS/c1-10-8-17-7-3-4-11(17)9-18(10)15-16-14-12(19)5-2-6-13(14)20-15/h10-12,19H,2-9H2,1H3. The van der Waals surface area contributed by atoms with Gasteiger partial charge >= 0.3 is 0 Å². The van der Waals surface area contributed by atoms with Gasteiger partial charge in [0.25, 0.3) is 0 Å². The van der Waals surface area contributed by atoms with E-state index in [0.29, 0.717) is 6.04 Å². The fourth-order valence-electron chi connectivity index (χ4n) is 3.96. The van der Waals surface area contributed by atoms with E-state index >= 15 is 0 Å². The summed E-state index contributed by atoms with van der Waals surface area (Å²) in [4.78, 5) is 11.2. The van der Waals surface area contributed by atoms with Gasteiger partial charge in [-0.3, -0.25) is 4.90 Å². The molecule has 0 bridgehead atoms. The second kappa shape index (κ2) is 4.97. The molecular formula is C15H23N3OS. The fourth-order valence-corrected chi connectivity index (χ4v) is 5.23. The first-order valence-corrected chi connectivity index (χ1v) is 8.72. The lowest BCUT2D eigenvalue weighted by molar-refractivity contribution is 0.153. The minimum Gasteiger partial charge on any atom is -0.387 e. The number of hydrogen-bond acceptors (Lipinski definition) is 5. The van der Waals surface area contributed by atoms with Crippen LogP contribution < -0.4 is 4.90 Å². The van der Waals surface area contributed by atoms with Gasteiger partial charge in [0, 0.05) is 30.1 Å². The molecule has 3 aliphatic rings. The highest BCUT2D eigenvalue weighted by Crippen LogP contribution is 2.38. The number of hydrogen-bond donors (Lipinski definition) is 1. The van der Waals surface area contributed by atoms with Crippen LogP contribution in [0.3, 0.4) is 0 Å². The Morgan fingerprint density at radius 2 is 2.15 bits per heavy atom. The summed E-state index contributed by atoms with van der Waals surface area (Å²) < 4.78 is 0. The van der Waals surface area contributed by atoms with Crippen molar-refractivity contribution in [1.82, 2.24) is 9.88 Å². The summed E-state index contributed by atoms with van der Waals surface area (Å²) in [5.74, 6) is 0. The van der Waals surface area contributed by atoms with Crippen molar-refractivity contribution in [3.8, 4) is 0 Å². The van der Waals surface area contributed by atoms with Crippen molar-refractivity contribution < 1.29 is 5.11 Å². The van der Waals surface area contributed by atoms with Crippen LogP contribution in [0.1, 0.15) is 49.3 Å². The Morgan fingerprint density at radius 3 is 3.00 bits per heavy atom. The largest absolute Gasteiger partial charge is 0.387 e. The minimum absolute atomic E-state index is 0.327. The first kappa shape index (κ1) is 13.0. The van der Waals surface area contributed by atoms with Crippen molar-refractivity contribution in [2.75, 3.05) is 24.5 Å². The van der Waals surface area contributed by atoms with Crippen LogP contribution >= 0.6 is 11.3 Å². The predicted octanol–water partition coefficient (Wildman–Crippen LogP) is 2.19. The Bertz CT molecular complexity index is 503. The molecule has 1 aromatic rings. The maximum Gasteiger partial charge on any atom is 0.186 e. The van der Waals surface area contributed by atoms with Gasteiger partial charge in [-0.25, -0.2) is 4.98 Å². The van der Waals surface area contributed by atoms with Gasteiger partial charge in [0.05, 0.1) is 11.8 Å². The molecule has 1 aromatic heterocycles. The first-order chi connectivity index (χ1) is 9.72. The van der Waals surface area contributed by atoms with Crippen LogP contribution in [0.25, 0.3) is 0 Å². The Morgan fingerprint density at radius 1 is 1.25 bits per heavy atom. The Hall–Kier alpha value is -0.650. The van der Waals surface area contributed by atoms with Crippen molar-refractivity contribution >= 4 is 16.5 Å². The predicted molar refractivity (Wildman–Crippen MR) is 81.4 cm³/mol. The third kappa shape index (κ3) is 2.07. The van der Waals surface area contributed by atoms with E-state index in [-0.39, 0.29) is 6.10 Å². The van der Waals surface area contributed by atoms with Crippen LogP contribution in [0.5, 0.6) is 0 Å². The molecule has 0 spiro atoms. The van der Waals surface area contributed by atoms with Crippen molar-refractivity contribution in [2.24, 2.45) is 0 Å². The zero-order valence-electron chi connectivity index (χ0n) is 12.1. The van der Waals surface area contributed by atoms with Crippen LogP contribution in [0.4, 0.5) is 5.13 Å². The third-order valence-corrected chi connectivity index (χ3v) is 6.26. The molecule has 0 radical (unpaired) electrons. The number of aryl methyl sites for hydroxylation is 1. The quantitative estimate of drug-likeness (QED) is 0.861. The molecule has 2 aliphatic heterocycles. The zero-order valence-corrected chi connectivity index (χ0v) is 12.9. The van der Waals surface area contributed by atoms with Gasteiger partial charge in [-0.05, 0) is 45.6 Å². The van der Waals surface area contributed by atoms with E-state index in [9.17, 15) is 5.11 Å². The fraction of sp³-hybridized carbons (Fsp3) is 0.800. The molecule has 2 saturated heterocycles. The second-order valence-electron chi connectivity index (χ2n) is 6.51. The Kier molecular flexibility index (Phi) is 3.24. The van der Waals surface area contributed by atoms with Crippen LogP contribution in [-0.2, 0) is 6.42 Å². The molecule has 110 valence electrons. The summed E-state index contributed by atoms with van der Waals surface area (Å²) in [6.07, 6.45) is 5.42. The molecule has 3 heterocycles. The summed E-state index contributed by atoms with van der Waals surface area (Å²) >= 11 is 1.82. The van der Waals surface area contributed by atoms with Gasteiger partial charge in [-0.2, -0.15) is 0 Å². The van der Waals surface area contributed by atoms with E-state index in [2.05, 4.69) is 16.7 Å². The molecule has 2 fully saturated rings. The summed E-state index contributed by atoms with van der Waals surface area (Å²) in [5, 5.41) is 11.3. The monoisotopic (exact) mass is 293 g/mol. The van der Waals surface area contributed by atoms with Crippen LogP contribution in [-0.4, -0.2) is 46.7 Å². The number of aliphatic hydroxyl groups excluding tert-OH is 1. The van der Waals surface area contributed by atoms with Crippen molar-refractivity contribution in [3.05, 3.63) is 10.6 Å². The second-order valence-corrected chi connectivity index (χ2v) is 7.57. The van der Waals surface area contributed by atoms with Gasteiger partial charge < -0.3 is 10.0 Å². The molecule has 5 heteroatoms. The molecule has 1 aliphatic carbocycles. The lowest BCUT2D eigenvalue weighted by atomic mass is 10.0. The van der Waals surface area contributed by atoms with Crippen molar-refractivity contribution in [2.45, 2.75) is 57.2 Å². The highest BCUT2D eigenvalue weighted by Gasteiger charge is 2.36. The van der Waals surface area contributed by atoms with Gasteiger partial charge in [0.15, 0.2) is 5.13 Å². The smallest absolute Gasteiger partial charge is 0.186 e. The molecule has 0 saturated carbocycles. The summed E-state index contributed by atoms with van der Waals surface area (Å²) in [6, 6.07) is 1.26. The molecule has 3 unspecified atom stereocenters. The normalized spacial score (nSPS) is 34.1. The molecule has 1 N–H and O–H groups in total. The lowest BCUT2D eigenvalue weighted by Crippen LogP contribution is -2.55. The van der Waals surface area contributed by atoms with Crippen molar-refractivity contribution in [3.63, 3.8) is 0 Å². The van der Waals surface area contributed by atoms with Crippen molar-refractivity contribution in [1.29, 1.82) is 0 Å². The molecule has 0 aromatic carbocycles. The maximum atomic E-state index is 10.1. The average molecular weight is 293 g/mol. The van der Waals surface area contributed by atoms with Crippen LogP contribution in [0.2, 0.25) is 0 Å². The van der Waals surface area contributed by atoms with E-state index in [1.807, 2.05) is 11.3 Å². The van der Waals surface area contributed by atoms with Crippen LogP contribution in [0.15, 0.2) is 0 Å². The molecule has 4 nitrogen and oxygen atoms in total. The number of thiazole rings is 1. The molecule has 0 amide bonds. The number of anilines is 1. The van der Waals surface area contributed by atoms with Crippen LogP contribution in [0, 0.1) is 0 Å². The van der Waals surface area contributed by atoms with Gasteiger partial charge in [-0.15, -0.1) is 11.3 Å². The first-order valence-electron chi connectivity index (χ1n) is 7.90. The minimum atomic E-state index is -0.327. The molecule has 20 heavy (non-hydrogen) atoms. The number of nitrogens with zero attached hydrogens (tertiary/aromatic N) is 3. The zero-order chi connectivity index (χ0) is 13.7. The molecule has 4 rings (SSSR count).